The van der Waals surface area contributed by atoms with Crippen LogP contribution in [0.2, 0.25) is 0 Å². The highest BCUT2D eigenvalue weighted by Gasteiger charge is 2.28. The Labute approximate surface area is 86.4 Å². The maximum Gasteiger partial charge on any atom is 0.149 e. The van der Waals surface area contributed by atoms with Crippen LogP contribution in [0.5, 0.6) is 0 Å². The lowest BCUT2D eigenvalue weighted by molar-refractivity contribution is -0.122. The molecule has 0 N–H and O–H groups in total. The van der Waals surface area contributed by atoms with E-state index in [1.165, 1.54) is 0 Å². The van der Waals surface area contributed by atoms with Crippen molar-refractivity contribution in [3.05, 3.63) is 0 Å². The van der Waals surface area contributed by atoms with E-state index >= 15 is 0 Å². The third-order valence-corrected chi connectivity index (χ3v) is 2.85. The van der Waals surface area contributed by atoms with Crippen LogP contribution in [0.25, 0.3) is 0 Å². The van der Waals surface area contributed by atoms with Gasteiger partial charge in [-0.1, -0.05) is 6.92 Å². The number of carbonyl (C=O) groups is 1. The molecule has 0 saturated heterocycles. The number of rotatable bonds is 6. The molecule has 0 spiro atoms. The number of carbonyl (C=O) groups excluding carboxylic acids is 1. The summed E-state index contributed by atoms with van der Waals surface area (Å²) >= 11 is 0. The van der Waals surface area contributed by atoms with Crippen molar-refractivity contribution in [2.45, 2.75) is 39.2 Å². The van der Waals surface area contributed by atoms with Gasteiger partial charge in [0.1, 0.15) is 5.78 Å². The third-order valence-electron chi connectivity index (χ3n) is 2.85. The zero-order valence-corrected chi connectivity index (χ0v) is 9.29. The van der Waals surface area contributed by atoms with E-state index in [0.29, 0.717) is 5.78 Å². The number of nitrogens with zero attached hydrogens (tertiary/aromatic N) is 1. The van der Waals surface area contributed by atoms with E-state index in [1.54, 1.807) is 0 Å². The molecule has 1 aliphatic rings. The first-order valence-electron chi connectivity index (χ1n) is 5.64. The standard InChI is InChI=1S/C11H21NO2/c1-3-12(8-9-14-4-2)10-6-5-7-11(10)13/h10H,3-9H2,1-2H3. The summed E-state index contributed by atoms with van der Waals surface area (Å²) in [7, 11) is 0. The third kappa shape index (κ3) is 3.07. The van der Waals surface area contributed by atoms with Crippen LogP contribution in [-0.2, 0) is 9.53 Å². The van der Waals surface area contributed by atoms with Crippen molar-refractivity contribution in [1.82, 2.24) is 4.90 Å². The zero-order valence-electron chi connectivity index (χ0n) is 9.29. The molecule has 0 aromatic rings. The largest absolute Gasteiger partial charge is 0.380 e. The Hall–Kier alpha value is -0.410. The van der Waals surface area contributed by atoms with Gasteiger partial charge in [0.05, 0.1) is 12.6 Å². The molecule has 0 aromatic carbocycles. The second kappa shape index (κ2) is 6.14. The molecule has 0 heterocycles. The van der Waals surface area contributed by atoms with Crippen LogP contribution in [0.15, 0.2) is 0 Å². The Morgan fingerprint density at radius 2 is 2.29 bits per heavy atom. The van der Waals surface area contributed by atoms with Crippen molar-refractivity contribution in [2.75, 3.05) is 26.3 Å². The van der Waals surface area contributed by atoms with Gasteiger partial charge in [-0.2, -0.15) is 0 Å². The molecule has 0 bridgehead atoms. The van der Waals surface area contributed by atoms with E-state index in [1.807, 2.05) is 6.92 Å². The van der Waals surface area contributed by atoms with Gasteiger partial charge in [-0.05, 0) is 26.3 Å². The monoisotopic (exact) mass is 199 g/mol. The summed E-state index contributed by atoms with van der Waals surface area (Å²) in [6, 6.07) is 0.181. The van der Waals surface area contributed by atoms with Gasteiger partial charge in [-0.25, -0.2) is 0 Å². The topological polar surface area (TPSA) is 29.5 Å². The minimum Gasteiger partial charge on any atom is -0.380 e. The summed E-state index contributed by atoms with van der Waals surface area (Å²) in [6.45, 7) is 7.45. The van der Waals surface area contributed by atoms with Crippen molar-refractivity contribution < 1.29 is 9.53 Å². The van der Waals surface area contributed by atoms with Crippen LogP contribution in [0.3, 0.4) is 0 Å². The molecular formula is C11H21NO2. The van der Waals surface area contributed by atoms with Crippen LogP contribution < -0.4 is 0 Å². The summed E-state index contributed by atoms with van der Waals surface area (Å²) in [4.78, 5) is 13.8. The maximum absolute atomic E-state index is 11.5. The molecule has 1 unspecified atom stereocenters. The molecule has 3 heteroatoms. The fourth-order valence-corrected chi connectivity index (χ4v) is 2.04. The van der Waals surface area contributed by atoms with Gasteiger partial charge in [0, 0.05) is 19.6 Å². The highest BCUT2D eigenvalue weighted by molar-refractivity contribution is 5.85. The predicted molar refractivity (Wildman–Crippen MR) is 56.4 cm³/mol. The Morgan fingerprint density at radius 1 is 1.50 bits per heavy atom. The van der Waals surface area contributed by atoms with E-state index in [9.17, 15) is 4.79 Å². The zero-order chi connectivity index (χ0) is 10.4. The summed E-state index contributed by atoms with van der Waals surface area (Å²) < 4.78 is 5.31. The molecule has 1 atom stereocenters. The van der Waals surface area contributed by atoms with Gasteiger partial charge in [0.2, 0.25) is 0 Å². The predicted octanol–water partition coefficient (Wildman–Crippen LogP) is 1.47. The van der Waals surface area contributed by atoms with E-state index < -0.39 is 0 Å². The van der Waals surface area contributed by atoms with Crippen LogP contribution in [0.1, 0.15) is 33.1 Å². The molecule has 1 saturated carbocycles. The summed E-state index contributed by atoms with van der Waals surface area (Å²) in [5.74, 6) is 0.420. The van der Waals surface area contributed by atoms with Crippen molar-refractivity contribution >= 4 is 5.78 Å². The van der Waals surface area contributed by atoms with E-state index in [2.05, 4.69) is 11.8 Å². The first-order chi connectivity index (χ1) is 6.79. The second-order valence-electron chi connectivity index (χ2n) is 3.70. The Kier molecular flexibility index (Phi) is 5.12. The quantitative estimate of drug-likeness (QED) is 0.607. The van der Waals surface area contributed by atoms with Crippen LogP contribution in [0.4, 0.5) is 0 Å². The number of hydrogen-bond acceptors (Lipinski definition) is 3. The molecular weight excluding hydrogens is 178 g/mol. The van der Waals surface area contributed by atoms with Crippen LogP contribution >= 0.6 is 0 Å². The first kappa shape index (κ1) is 11.7. The lowest BCUT2D eigenvalue weighted by atomic mass is 10.2. The number of Topliss-reactive ketones (excluding diaryl/α,β-unsaturated/α-hetero) is 1. The van der Waals surface area contributed by atoms with Gasteiger partial charge in [-0.3, -0.25) is 9.69 Å². The fourth-order valence-electron chi connectivity index (χ4n) is 2.04. The van der Waals surface area contributed by atoms with Gasteiger partial charge < -0.3 is 4.74 Å². The minimum absolute atomic E-state index is 0.181. The average molecular weight is 199 g/mol. The molecule has 1 aliphatic carbocycles. The number of ether oxygens (including phenoxy) is 1. The highest BCUT2D eigenvalue weighted by atomic mass is 16.5. The minimum atomic E-state index is 0.181. The van der Waals surface area contributed by atoms with Gasteiger partial charge >= 0.3 is 0 Å². The molecule has 1 rings (SSSR count). The molecule has 0 radical (unpaired) electrons. The van der Waals surface area contributed by atoms with Crippen molar-refractivity contribution in [1.29, 1.82) is 0 Å². The van der Waals surface area contributed by atoms with E-state index in [0.717, 1.165) is 45.6 Å². The van der Waals surface area contributed by atoms with Gasteiger partial charge in [-0.15, -0.1) is 0 Å². The lowest BCUT2D eigenvalue weighted by Gasteiger charge is -2.25. The van der Waals surface area contributed by atoms with Crippen molar-refractivity contribution in [3.63, 3.8) is 0 Å². The smallest absolute Gasteiger partial charge is 0.149 e. The summed E-state index contributed by atoms with van der Waals surface area (Å²) in [6.07, 6.45) is 2.88. The van der Waals surface area contributed by atoms with Gasteiger partial charge in [0.15, 0.2) is 0 Å². The van der Waals surface area contributed by atoms with Crippen molar-refractivity contribution in [2.24, 2.45) is 0 Å². The fraction of sp³-hybridized carbons (Fsp3) is 0.909. The molecule has 0 aromatic heterocycles. The number of likely N-dealkylation sites (N-methyl/N-ethyl adjacent to an activating group) is 1. The molecule has 0 aliphatic heterocycles. The number of hydrogen-bond donors (Lipinski definition) is 0. The molecule has 0 amide bonds. The molecule has 1 fully saturated rings. The highest BCUT2D eigenvalue weighted by Crippen LogP contribution is 2.19. The second-order valence-corrected chi connectivity index (χ2v) is 3.70. The molecule has 82 valence electrons. The molecule has 3 nitrogen and oxygen atoms in total. The number of ketones is 1. The Balaban J connectivity index is 2.32. The van der Waals surface area contributed by atoms with Crippen LogP contribution in [0, 0.1) is 0 Å². The first-order valence-corrected chi connectivity index (χ1v) is 5.64. The van der Waals surface area contributed by atoms with E-state index in [-0.39, 0.29) is 6.04 Å². The van der Waals surface area contributed by atoms with Crippen molar-refractivity contribution in [3.8, 4) is 0 Å². The Morgan fingerprint density at radius 3 is 2.79 bits per heavy atom. The summed E-state index contributed by atoms with van der Waals surface area (Å²) in [5.41, 5.74) is 0. The van der Waals surface area contributed by atoms with E-state index in [4.69, 9.17) is 4.74 Å². The summed E-state index contributed by atoms with van der Waals surface area (Å²) in [5, 5.41) is 0. The molecule has 14 heavy (non-hydrogen) atoms. The SMILES string of the molecule is CCOCCN(CC)C1CCCC1=O. The normalized spacial score (nSPS) is 22.2. The van der Waals surface area contributed by atoms with Crippen LogP contribution in [-0.4, -0.2) is 43.0 Å². The average Bonchev–Trinajstić information content (AvgIpc) is 2.60. The lowest BCUT2D eigenvalue weighted by Crippen LogP contribution is -2.40. The van der Waals surface area contributed by atoms with Gasteiger partial charge in [0.25, 0.3) is 0 Å². The maximum atomic E-state index is 11.5. The Bertz CT molecular complexity index is 182.